The molecule has 144 valence electrons. The molecule has 0 aliphatic carbocycles. The molecule has 2 heterocycles. The standard InChI is InChI=1S/C18H19ClF2N4O2/c1-10-12(4-3-5-14(10)18(20,21)8-26)11(2)22-16-13-6-25(9-27)7-15(13)23-17(19)24-16/h3-5,9,11,26H,6-8H2,1-2H3,(H,22,23,24). The molecule has 1 aliphatic heterocycles. The highest BCUT2D eigenvalue weighted by molar-refractivity contribution is 6.28. The molecule has 6 nitrogen and oxygen atoms in total. The fourth-order valence-corrected chi connectivity index (χ4v) is 3.52. The number of nitrogens with zero attached hydrogens (tertiary/aromatic N) is 3. The molecule has 0 fully saturated rings. The minimum absolute atomic E-state index is 0.0495. The maximum atomic E-state index is 14.0. The topological polar surface area (TPSA) is 78.4 Å². The van der Waals surface area contributed by atoms with Crippen LogP contribution in [0.4, 0.5) is 14.6 Å². The SMILES string of the molecule is Cc1c(C(C)Nc2nc(Cl)nc3c2CN(C=O)C3)cccc1C(F)(F)CO. The molecule has 3 rings (SSSR count). The lowest BCUT2D eigenvalue weighted by molar-refractivity contribution is -0.118. The summed E-state index contributed by atoms with van der Waals surface area (Å²) in [5.74, 6) is -2.84. The van der Waals surface area contributed by atoms with Gasteiger partial charge in [-0.15, -0.1) is 0 Å². The number of benzene rings is 1. The molecule has 0 saturated heterocycles. The van der Waals surface area contributed by atoms with Crippen LogP contribution in [0.15, 0.2) is 18.2 Å². The Kier molecular flexibility index (Phi) is 5.30. The van der Waals surface area contributed by atoms with Crippen LogP contribution in [0.3, 0.4) is 0 Å². The second kappa shape index (κ2) is 7.36. The Balaban J connectivity index is 1.93. The highest BCUT2D eigenvalue weighted by atomic mass is 35.5. The number of fused-ring (bicyclic) bond motifs is 1. The number of halogens is 3. The molecule has 0 spiro atoms. The monoisotopic (exact) mass is 396 g/mol. The van der Waals surface area contributed by atoms with Crippen LogP contribution < -0.4 is 5.32 Å². The van der Waals surface area contributed by atoms with Gasteiger partial charge in [0.1, 0.15) is 12.4 Å². The fourth-order valence-electron chi connectivity index (χ4n) is 3.33. The molecule has 1 aliphatic rings. The number of nitrogens with one attached hydrogen (secondary N) is 1. The first-order valence-electron chi connectivity index (χ1n) is 8.36. The molecule has 0 saturated carbocycles. The van der Waals surface area contributed by atoms with E-state index in [2.05, 4.69) is 15.3 Å². The van der Waals surface area contributed by atoms with Gasteiger partial charge in [-0.05, 0) is 36.6 Å². The zero-order chi connectivity index (χ0) is 19.8. The lowest BCUT2D eigenvalue weighted by Gasteiger charge is -2.23. The predicted molar refractivity (Wildman–Crippen MR) is 96.5 cm³/mol. The van der Waals surface area contributed by atoms with Crippen molar-refractivity contribution in [3.05, 3.63) is 51.4 Å². The smallest absolute Gasteiger partial charge is 0.296 e. The van der Waals surface area contributed by atoms with E-state index in [1.807, 2.05) is 6.92 Å². The van der Waals surface area contributed by atoms with E-state index in [9.17, 15) is 13.6 Å². The van der Waals surface area contributed by atoms with Gasteiger partial charge in [0.25, 0.3) is 5.92 Å². The van der Waals surface area contributed by atoms with Crippen LogP contribution in [-0.2, 0) is 23.8 Å². The summed E-state index contributed by atoms with van der Waals surface area (Å²) in [6.07, 6.45) is 0.730. The lowest BCUT2D eigenvalue weighted by atomic mass is 9.94. The zero-order valence-electron chi connectivity index (χ0n) is 14.8. The van der Waals surface area contributed by atoms with E-state index in [1.165, 1.54) is 12.1 Å². The Labute approximate surface area is 160 Å². The first-order chi connectivity index (χ1) is 12.8. The molecule has 2 aromatic rings. The van der Waals surface area contributed by atoms with Crippen LogP contribution in [0.25, 0.3) is 0 Å². The number of aliphatic hydroxyl groups excluding tert-OH is 1. The van der Waals surface area contributed by atoms with Gasteiger partial charge in [-0.2, -0.15) is 8.78 Å². The minimum Gasteiger partial charge on any atom is -0.390 e. The molecule has 1 unspecified atom stereocenters. The number of hydrogen-bond donors (Lipinski definition) is 2. The van der Waals surface area contributed by atoms with Gasteiger partial charge in [0.2, 0.25) is 11.7 Å². The van der Waals surface area contributed by atoms with Crippen molar-refractivity contribution >= 4 is 23.8 Å². The van der Waals surface area contributed by atoms with Crippen molar-refractivity contribution in [3.8, 4) is 0 Å². The van der Waals surface area contributed by atoms with Crippen LogP contribution in [0.1, 0.15) is 40.9 Å². The molecular formula is C18H19ClF2N4O2. The van der Waals surface area contributed by atoms with Gasteiger partial charge < -0.3 is 15.3 Å². The van der Waals surface area contributed by atoms with E-state index in [-0.39, 0.29) is 16.9 Å². The Morgan fingerprint density at radius 2 is 2.15 bits per heavy atom. The van der Waals surface area contributed by atoms with E-state index < -0.39 is 12.5 Å². The summed E-state index contributed by atoms with van der Waals surface area (Å²) in [5, 5.41) is 12.2. The molecule has 27 heavy (non-hydrogen) atoms. The van der Waals surface area contributed by atoms with E-state index in [0.29, 0.717) is 35.7 Å². The third-order valence-electron chi connectivity index (χ3n) is 4.72. The number of amides is 1. The Hall–Kier alpha value is -2.32. The van der Waals surface area contributed by atoms with Gasteiger partial charge in [0.15, 0.2) is 0 Å². The lowest BCUT2D eigenvalue weighted by Crippen LogP contribution is -2.21. The van der Waals surface area contributed by atoms with Crippen molar-refractivity contribution in [1.82, 2.24) is 14.9 Å². The molecule has 0 bridgehead atoms. The number of hydrogen-bond acceptors (Lipinski definition) is 5. The van der Waals surface area contributed by atoms with Crippen molar-refractivity contribution in [1.29, 1.82) is 0 Å². The quantitative estimate of drug-likeness (QED) is 0.579. The summed E-state index contributed by atoms with van der Waals surface area (Å²) in [6, 6.07) is 4.22. The van der Waals surface area contributed by atoms with Crippen LogP contribution in [0, 0.1) is 6.92 Å². The summed E-state index contributed by atoms with van der Waals surface area (Å²) in [7, 11) is 0. The zero-order valence-corrected chi connectivity index (χ0v) is 15.6. The summed E-state index contributed by atoms with van der Waals surface area (Å²) < 4.78 is 28.0. The third kappa shape index (κ3) is 3.72. The molecule has 1 aromatic heterocycles. The number of anilines is 1. The van der Waals surface area contributed by atoms with Crippen LogP contribution in [0.2, 0.25) is 5.28 Å². The summed E-state index contributed by atoms with van der Waals surface area (Å²) >= 11 is 5.99. The van der Waals surface area contributed by atoms with Gasteiger partial charge in [-0.3, -0.25) is 4.79 Å². The number of aliphatic hydroxyl groups is 1. The Morgan fingerprint density at radius 1 is 1.41 bits per heavy atom. The van der Waals surface area contributed by atoms with Crippen LogP contribution in [-0.4, -0.2) is 33.0 Å². The van der Waals surface area contributed by atoms with E-state index in [0.717, 1.165) is 12.0 Å². The van der Waals surface area contributed by atoms with Crippen molar-refractivity contribution < 1.29 is 18.7 Å². The van der Waals surface area contributed by atoms with Gasteiger partial charge in [-0.25, -0.2) is 9.97 Å². The third-order valence-corrected chi connectivity index (χ3v) is 4.89. The predicted octanol–water partition coefficient (Wildman–Crippen LogP) is 3.17. The van der Waals surface area contributed by atoms with Gasteiger partial charge in [-0.1, -0.05) is 18.2 Å². The number of carbonyl (C=O) groups is 1. The van der Waals surface area contributed by atoms with Crippen LogP contribution >= 0.6 is 11.6 Å². The molecule has 1 atom stereocenters. The highest BCUT2D eigenvalue weighted by Crippen LogP contribution is 2.35. The van der Waals surface area contributed by atoms with Crippen molar-refractivity contribution in [2.45, 2.75) is 38.9 Å². The average Bonchev–Trinajstić information content (AvgIpc) is 3.04. The Bertz CT molecular complexity index is 879. The minimum atomic E-state index is -3.32. The first-order valence-corrected chi connectivity index (χ1v) is 8.74. The van der Waals surface area contributed by atoms with Gasteiger partial charge in [0, 0.05) is 11.1 Å². The van der Waals surface area contributed by atoms with Crippen molar-refractivity contribution in [2.24, 2.45) is 0 Å². The number of aromatic nitrogens is 2. The fraction of sp³-hybridized carbons (Fsp3) is 0.389. The largest absolute Gasteiger partial charge is 0.390 e. The number of rotatable bonds is 6. The molecule has 1 aromatic carbocycles. The normalized spacial score (nSPS) is 14.8. The second-order valence-electron chi connectivity index (χ2n) is 6.53. The van der Waals surface area contributed by atoms with Crippen molar-refractivity contribution in [2.75, 3.05) is 11.9 Å². The van der Waals surface area contributed by atoms with Crippen LogP contribution in [0.5, 0.6) is 0 Å². The first kappa shape index (κ1) is 19.4. The van der Waals surface area contributed by atoms with E-state index in [1.54, 1.807) is 17.9 Å². The molecule has 2 N–H and O–H groups in total. The second-order valence-corrected chi connectivity index (χ2v) is 6.86. The molecule has 1 amide bonds. The molecular weight excluding hydrogens is 378 g/mol. The van der Waals surface area contributed by atoms with Crippen molar-refractivity contribution in [3.63, 3.8) is 0 Å². The summed E-state index contributed by atoms with van der Waals surface area (Å²) in [4.78, 5) is 21.0. The average molecular weight is 397 g/mol. The maximum Gasteiger partial charge on any atom is 0.296 e. The maximum absolute atomic E-state index is 14.0. The highest BCUT2D eigenvalue weighted by Gasteiger charge is 2.33. The number of alkyl halides is 2. The van der Waals surface area contributed by atoms with Gasteiger partial charge in [0.05, 0.1) is 24.8 Å². The summed E-state index contributed by atoms with van der Waals surface area (Å²) in [5.41, 5.74) is 2.24. The molecule has 0 radical (unpaired) electrons. The Morgan fingerprint density at radius 3 is 2.81 bits per heavy atom. The summed E-state index contributed by atoms with van der Waals surface area (Å²) in [6.45, 7) is 2.86. The van der Waals surface area contributed by atoms with E-state index in [4.69, 9.17) is 16.7 Å². The van der Waals surface area contributed by atoms with E-state index >= 15 is 0 Å². The molecule has 9 heteroatoms. The number of carbonyl (C=O) groups excluding carboxylic acids is 1. The van der Waals surface area contributed by atoms with Gasteiger partial charge >= 0.3 is 0 Å².